The molecule has 2 heteroatoms. The first-order chi connectivity index (χ1) is 6.24. The number of hydrogen-bond acceptors (Lipinski definition) is 2. The third-order valence-electron chi connectivity index (χ3n) is 1.71. The lowest BCUT2D eigenvalue weighted by Crippen LogP contribution is -2.20. The van der Waals surface area contributed by atoms with Crippen LogP contribution in [0.4, 0.5) is 0 Å². The summed E-state index contributed by atoms with van der Waals surface area (Å²) in [6.07, 6.45) is 9.91. The molecule has 0 bridgehead atoms. The largest absolute Gasteiger partial charge is 0.314 e. The van der Waals surface area contributed by atoms with E-state index in [1.165, 1.54) is 5.06 Å². The van der Waals surface area contributed by atoms with E-state index in [4.69, 9.17) is 0 Å². The number of hydroxylamine groups is 2. The normalized spacial score (nSPS) is 13.8. The predicted molar refractivity (Wildman–Crippen MR) is 56.7 cm³/mol. The Morgan fingerprint density at radius 3 is 2.46 bits per heavy atom. The molecule has 0 aromatic rings. The van der Waals surface area contributed by atoms with Gasteiger partial charge in [-0.1, -0.05) is 37.3 Å². The minimum Gasteiger partial charge on any atom is -0.314 e. The highest BCUT2D eigenvalue weighted by atomic mass is 16.5. The van der Waals surface area contributed by atoms with Crippen LogP contribution in [0.15, 0.2) is 36.0 Å². The van der Waals surface area contributed by atoms with E-state index in [0.717, 1.165) is 5.57 Å². The Morgan fingerprint density at radius 2 is 2.00 bits per heavy atom. The van der Waals surface area contributed by atoms with E-state index in [-0.39, 0.29) is 0 Å². The van der Waals surface area contributed by atoms with Gasteiger partial charge in [0.2, 0.25) is 0 Å². The van der Waals surface area contributed by atoms with Crippen LogP contribution in [0.5, 0.6) is 0 Å². The summed E-state index contributed by atoms with van der Waals surface area (Å²) in [4.78, 5) is 0. The van der Waals surface area contributed by atoms with Gasteiger partial charge in [0.15, 0.2) is 0 Å². The van der Waals surface area contributed by atoms with Crippen molar-refractivity contribution >= 4 is 0 Å². The van der Waals surface area contributed by atoms with E-state index >= 15 is 0 Å². The van der Waals surface area contributed by atoms with Crippen LogP contribution >= 0.6 is 0 Å². The zero-order valence-corrected chi connectivity index (χ0v) is 8.70. The van der Waals surface area contributed by atoms with Gasteiger partial charge < -0.3 is 5.21 Å². The molecule has 0 aromatic carbocycles. The van der Waals surface area contributed by atoms with Crippen molar-refractivity contribution in [3.05, 3.63) is 36.0 Å². The van der Waals surface area contributed by atoms with Gasteiger partial charge in [0.1, 0.15) is 0 Å². The van der Waals surface area contributed by atoms with Gasteiger partial charge in [-0.15, -0.1) is 0 Å². The van der Waals surface area contributed by atoms with Crippen molar-refractivity contribution in [3.63, 3.8) is 0 Å². The highest BCUT2D eigenvalue weighted by molar-refractivity contribution is 5.22. The summed E-state index contributed by atoms with van der Waals surface area (Å²) >= 11 is 0. The first-order valence-corrected chi connectivity index (χ1v) is 4.63. The molecule has 0 atom stereocenters. The minimum absolute atomic E-state index is 0.584. The number of likely N-dealkylation sites (N-methyl/N-ethyl adjacent to an activating group) is 1. The second kappa shape index (κ2) is 7.77. The molecule has 13 heavy (non-hydrogen) atoms. The molecule has 0 radical (unpaired) electrons. The van der Waals surface area contributed by atoms with Crippen LogP contribution in [0.1, 0.15) is 20.8 Å². The van der Waals surface area contributed by atoms with Crippen LogP contribution in [-0.2, 0) is 0 Å². The quantitative estimate of drug-likeness (QED) is 0.520. The predicted octanol–water partition coefficient (Wildman–Crippen LogP) is 2.78. The molecule has 0 spiro atoms. The molecule has 1 N–H and O–H groups in total. The maximum Gasteiger partial charge on any atom is 0.0485 e. The maximum atomic E-state index is 9.26. The van der Waals surface area contributed by atoms with E-state index < -0.39 is 0 Å². The molecule has 0 fully saturated rings. The third-order valence-corrected chi connectivity index (χ3v) is 1.71. The molecule has 0 rings (SSSR count). The van der Waals surface area contributed by atoms with E-state index in [1.807, 2.05) is 51.2 Å². The maximum absolute atomic E-state index is 9.26. The topological polar surface area (TPSA) is 23.5 Å². The lowest BCUT2D eigenvalue weighted by Gasteiger charge is -2.11. The first kappa shape index (κ1) is 12.1. The monoisotopic (exact) mass is 181 g/mol. The zero-order chi connectivity index (χ0) is 10.1. The average molecular weight is 181 g/mol. The van der Waals surface area contributed by atoms with Gasteiger partial charge in [0, 0.05) is 13.1 Å². The fraction of sp³-hybridized carbons (Fsp3) is 0.455. The number of nitrogens with zero attached hydrogens (tertiary/aromatic N) is 1. The summed E-state index contributed by atoms with van der Waals surface area (Å²) in [7, 11) is 0. The SMILES string of the molecule is C\C=C/C=C\C(=C/C)CN(O)CC. The van der Waals surface area contributed by atoms with Crippen molar-refractivity contribution in [2.75, 3.05) is 13.1 Å². The standard InChI is InChI=1S/C11H19NO/c1-4-7-8-9-11(5-2)10-12(13)6-3/h4-5,7-9,13H,6,10H2,1-3H3/b7-4-,9-8-,11-5+. The second-order valence-electron chi connectivity index (χ2n) is 2.73. The zero-order valence-electron chi connectivity index (χ0n) is 8.70. The van der Waals surface area contributed by atoms with Gasteiger partial charge in [-0.05, 0) is 19.4 Å². The van der Waals surface area contributed by atoms with Crippen molar-refractivity contribution in [1.29, 1.82) is 0 Å². The molecule has 0 aliphatic heterocycles. The molecular weight excluding hydrogens is 162 g/mol. The van der Waals surface area contributed by atoms with E-state index in [0.29, 0.717) is 13.1 Å². The molecule has 0 saturated heterocycles. The summed E-state index contributed by atoms with van der Waals surface area (Å²) in [5.74, 6) is 0. The number of rotatable bonds is 5. The fourth-order valence-electron chi connectivity index (χ4n) is 0.853. The lowest BCUT2D eigenvalue weighted by atomic mass is 10.2. The Kier molecular flexibility index (Phi) is 7.26. The van der Waals surface area contributed by atoms with Crippen molar-refractivity contribution in [2.45, 2.75) is 20.8 Å². The van der Waals surface area contributed by atoms with Gasteiger partial charge in [0.25, 0.3) is 0 Å². The molecule has 2 nitrogen and oxygen atoms in total. The summed E-state index contributed by atoms with van der Waals surface area (Å²) in [5, 5.41) is 10.5. The summed E-state index contributed by atoms with van der Waals surface area (Å²) in [6.45, 7) is 7.10. The van der Waals surface area contributed by atoms with Crippen molar-refractivity contribution in [3.8, 4) is 0 Å². The number of hydrogen-bond donors (Lipinski definition) is 1. The van der Waals surface area contributed by atoms with E-state index in [9.17, 15) is 5.21 Å². The summed E-state index contributed by atoms with van der Waals surface area (Å²) in [6, 6.07) is 0. The number of allylic oxidation sites excluding steroid dienone is 4. The van der Waals surface area contributed by atoms with Gasteiger partial charge in [-0.2, -0.15) is 5.06 Å². The van der Waals surface area contributed by atoms with Crippen molar-refractivity contribution < 1.29 is 5.21 Å². The first-order valence-electron chi connectivity index (χ1n) is 4.63. The molecule has 0 aromatic heterocycles. The Morgan fingerprint density at radius 1 is 1.31 bits per heavy atom. The second-order valence-corrected chi connectivity index (χ2v) is 2.73. The molecule has 74 valence electrons. The van der Waals surface area contributed by atoms with Crippen LogP contribution in [0.2, 0.25) is 0 Å². The molecular formula is C11H19NO. The van der Waals surface area contributed by atoms with Crippen LogP contribution < -0.4 is 0 Å². The molecule has 0 heterocycles. The molecule has 0 unspecified atom stereocenters. The molecule has 0 amide bonds. The smallest absolute Gasteiger partial charge is 0.0485 e. The Bertz CT molecular complexity index is 204. The molecule has 0 aliphatic carbocycles. The van der Waals surface area contributed by atoms with E-state index in [2.05, 4.69) is 0 Å². The Hall–Kier alpha value is -0.860. The van der Waals surface area contributed by atoms with Gasteiger partial charge >= 0.3 is 0 Å². The Balaban J connectivity index is 4.05. The van der Waals surface area contributed by atoms with Gasteiger partial charge in [-0.3, -0.25) is 0 Å². The Labute approximate surface area is 80.8 Å². The van der Waals surface area contributed by atoms with Gasteiger partial charge in [0.05, 0.1) is 0 Å². The highest BCUT2D eigenvalue weighted by Crippen LogP contribution is 1.99. The van der Waals surface area contributed by atoms with Crippen LogP contribution in [0.3, 0.4) is 0 Å². The minimum atomic E-state index is 0.584. The summed E-state index contributed by atoms with van der Waals surface area (Å²) < 4.78 is 0. The van der Waals surface area contributed by atoms with Crippen LogP contribution in [0.25, 0.3) is 0 Å². The third kappa shape index (κ3) is 6.31. The van der Waals surface area contributed by atoms with E-state index in [1.54, 1.807) is 0 Å². The fourth-order valence-corrected chi connectivity index (χ4v) is 0.853. The van der Waals surface area contributed by atoms with Crippen molar-refractivity contribution in [1.82, 2.24) is 5.06 Å². The van der Waals surface area contributed by atoms with Crippen molar-refractivity contribution in [2.24, 2.45) is 0 Å². The van der Waals surface area contributed by atoms with Gasteiger partial charge in [-0.25, -0.2) is 0 Å². The average Bonchev–Trinajstić information content (AvgIpc) is 2.16. The lowest BCUT2D eigenvalue weighted by molar-refractivity contribution is -0.0769. The highest BCUT2D eigenvalue weighted by Gasteiger charge is 1.97. The molecule has 0 aliphatic rings. The van der Waals surface area contributed by atoms with Crippen LogP contribution in [0, 0.1) is 0 Å². The van der Waals surface area contributed by atoms with Crippen LogP contribution in [-0.4, -0.2) is 23.4 Å². The summed E-state index contributed by atoms with van der Waals surface area (Å²) in [5.41, 5.74) is 1.11. The molecule has 0 saturated carbocycles.